The van der Waals surface area contributed by atoms with Crippen LogP contribution in [-0.4, -0.2) is 42.9 Å². The summed E-state index contributed by atoms with van der Waals surface area (Å²) in [6, 6.07) is 14.6. The van der Waals surface area contributed by atoms with E-state index < -0.39 is 11.6 Å². The summed E-state index contributed by atoms with van der Waals surface area (Å²) in [6.45, 7) is 1.72. The number of hydrazone groups is 1. The Kier molecular flexibility index (Phi) is 5.63. The summed E-state index contributed by atoms with van der Waals surface area (Å²) in [6.07, 6.45) is 2.57. The minimum absolute atomic E-state index is 0.383. The maximum Gasteiger partial charge on any atom is 0.346 e. The molecule has 0 unspecified atom stereocenters. The van der Waals surface area contributed by atoms with E-state index in [2.05, 4.69) is 10.4 Å². The van der Waals surface area contributed by atoms with Crippen LogP contribution in [0.1, 0.15) is 24.5 Å². The molecule has 2 aromatic rings. The third-order valence-electron chi connectivity index (χ3n) is 4.74. The van der Waals surface area contributed by atoms with Crippen LogP contribution in [0.25, 0.3) is 0 Å². The van der Waals surface area contributed by atoms with Crippen molar-refractivity contribution < 1.29 is 19.1 Å². The number of para-hydroxylation sites is 1. The quantitative estimate of drug-likeness (QED) is 0.591. The molecule has 28 heavy (non-hydrogen) atoms. The highest BCUT2D eigenvalue weighted by Gasteiger charge is 2.47. The van der Waals surface area contributed by atoms with Crippen molar-refractivity contribution >= 4 is 18.2 Å². The van der Waals surface area contributed by atoms with Gasteiger partial charge in [-0.2, -0.15) is 5.10 Å². The zero-order valence-electron chi connectivity index (χ0n) is 16.1. The Morgan fingerprint density at radius 2 is 1.82 bits per heavy atom. The number of benzene rings is 2. The average molecular weight is 381 g/mol. The largest absolute Gasteiger partial charge is 0.493 e. The van der Waals surface area contributed by atoms with Crippen molar-refractivity contribution in [2.75, 3.05) is 14.2 Å². The van der Waals surface area contributed by atoms with Gasteiger partial charge in [-0.3, -0.25) is 4.79 Å². The Balaban J connectivity index is 1.76. The van der Waals surface area contributed by atoms with Gasteiger partial charge in [0, 0.05) is 5.56 Å². The third kappa shape index (κ3) is 3.83. The monoisotopic (exact) mass is 381 g/mol. The fourth-order valence-corrected chi connectivity index (χ4v) is 3.12. The number of hydrogen-bond acceptors (Lipinski definition) is 5. The van der Waals surface area contributed by atoms with Crippen LogP contribution in [0.3, 0.4) is 0 Å². The van der Waals surface area contributed by atoms with E-state index in [1.54, 1.807) is 25.1 Å². The summed E-state index contributed by atoms with van der Waals surface area (Å²) >= 11 is 0. The van der Waals surface area contributed by atoms with Crippen molar-refractivity contribution in [3.8, 4) is 11.5 Å². The Labute approximate surface area is 163 Å². The fraction of sp³-hybridized carbons (Fsp3) is 0.286. The van der Waals surface area contributed by atoms with E-state index >= 15 is 0 Å². The number of carbonyl (C=O) groups excluding carboxylic acids is 2. The van der Waals surface area contributed by atoms with Gasteiger partial charge in [0.1, 0.15) is 5.54 Å². The smallest absolute Gasteiger partial charge is 0.346 e. The minimum Gasteiger partial charge on any atom is -0.493 e. The van der Waals surface area contributed by atoms with Crippen LogP contribution in [0.15, 0.2) is 53.6 Å². The molecule has 7 nitrogen and oxygen atoms in total. The summed E-state index contributed by atoms with van der Waals surface area (Å²) < 4.78 is 10.6. The highest BCUT2D eigenvalue weighted by molar-refractivity contribution is 6.07. The zero-order chi connectivity index (χ0) is 20.1. The molecule has 2 aromatic carbocycles. The number of urea groups is 1. The lowest BCUT2D eigenvalue weighted by atomic mass is 9.93. The summed E-state index contributed by atoms with van der Waals surface area (Å²) in [5, 5.41) is 7.72. The first-order valence-corrected chi connectivity index (χ1v) is 8.94. The summed E-state index contributed by atoms with van der Waals surface area (Å²) in [5.41, 5.74) is 0.706. The third-order valence-corrected chi connectivity index (χ3v) is 4.74. The van der Waals surface area contributed by atoms with Gasteiger partial charge in [-0.05, 0) is 37.5 Å². The molecule has 0 radical (unpaired) electrons. The number of amides is 3. The van der Waals surface area contributed by atoms with Gasteiger partial charge in [0.05, 0.1) is 20.4 Å². The molecule has 0 aromatic heterocycles. The maximum atomic E-state index is 12.8. The number of ether oxygens (including phenoxy) is 2. The molecule has 1 fully saturated rings. The first kappa shape index (κ1) is 19.4. The van der Waals surface area contributed by atoms with E-state index in [9.17, 15) is 9.59 Å². The lowest BCUT2D eigenvalue weighted by molar-refractivity contribution is -0.130. The van der Waals surface area contributed by atoms with E-state index in [4.69, 9.17) is 9.47 Å². The van der Waals surface area contributed by atoms with E-state index in [-0.39, 0.29) is 5.91 Å². The van der Waals surface area contributed by atoms with Crippen molar-refractivity contribution in [1.82, 2.24) is 10.3 Å². The van der Waals surface area contributed by atoms with Crippen molar-refractivity contribution in [2.45, 2.75) is 25.3 Å². The lowest BCUT2D eigenvalue weighted by Gasteiger charge is -2.20. The molecule has 0 saturated carbocycles. The topological polar surface area (TPSA) is 80.2 Å². The number of nitrogens with one attached hydrogen (secondary N) is 1. The molecule has 1 aliphatic rings. The van der Waals surface area contributed by atoms with E-state index in [0.717, 1.165) is 10.6 Å². The molecular formula is C21H23N3O4. The molecule has 1 N–H and O–H groups in total. The highest BCUT2D eigenvalue weighted by atomic mass is 16.5. The molecule has 146 valence electrons. The zero-order valence-corrected chi connectivity index (χ0v) is 16.1. The summed E-state index contributed by atoms with van der Waals surface area (Å²) in [7, 11) is 3.05. The fourth-order valence-electron chi connectivity index (χ4n) is 3.12. The Bertz CT molecular complexity index is 898. The van der Waals surface area contributed by atoms with Crippen LogP contribution in [-0.2, 0) is 11.2 Å². The van der Waals surface area contributed by atoms with Crippen LogP contribution >= 0.6 is 0 Å². The number of methoxy groups -OCH3 is 2. The van der Waals surface area contributed by atoms with E-state index in [0.29, 0.717) is 29.9 Å². The Hall–Kier alpha value is -3.35. The van der Waals surface area contributed by atoms with Gasteiger partial charge in [-0.25, -0.2) is 4.79 Å². The van der Waals surface area contributed by atoms with Gasteiger partial charge >= 0.3 is 6.03 Å². The van der Waals surface area contributed by atoms with Gasteiger partial charge < -0.3 is 14.8 Å². The van der Waals surface area contributed by atoms with Gasteiger partial charge in [0.25, 0.3) is 5.91 Å². The second-order valence-corrected chi connectivity index (χ2v) is 6.69. The number of hydrogen-bond donors (Lipinski definition) is 1. The second-order valence-electron chi connectivity index (χ2n) is 6.69. The number of aryl methyl sites for hydroxylation is 1. The summed E-state index contributed by atoms with van der Waals surface area (Å²) in [4.78, 5) is 25.2. The predicted molar refractivity (Wildman–Crippen MR) is 106 cm³/mol. The molecule has 1 heterocycles. The van der Waals surface area contributed by atoms with Crippen LogP contribution < -0.4 is 14.8 Å². The van der Waals surface area contributed by atoms with Gasteiger partial charge in [-0.15, -0.1) is 5.01 Å². The van der Waals surface area contributed by atoms with Crippen molar-refractivity contribution in [1.29, 1.82) is 0 Å². The van der Waals surface area contributed by atoms with Gasteiger partial charge in [0.2, 0.25) is 0 Å². The normalized spacial score (nSPS) is 19.2. The average Bonchev–Trinajstić information content (AvgIpc) is 2.93. The molecule has 1 saturated heterocycles. The van der Waals surface area contributed by atoms with E-state index in [1.807, 2.05) is 30.3 Å². The van der Waals surface area contributed by atoms with Crippen LogP contribution in [0.4, 0.5) is 4.79 Å². The molecule has 0 bridgehead atoms. The molecule has 3 rings (SSSR count). The molecule has 0 aliphatic carbocycles. The van der Waals surface area contributed by atoms with Crippen molar-refractivity contribution in [2.24, 2.45) is 5.10 Å². The standard InChI is InChI=1S/C21H23N3O4/c1-21(13-12-15-8-5-4-6-9-15)19(25)24(20(26)23-21)22-14-16-10-7-11-17(27-2)18(16)28-3/h4-11,14H,12-13H2,1-3H3,(H,23,26)/b22-14-/t21-/m0/s1. The Morgan fingerprint density at radius 3 is 2.50 bits per heavy atom. The molecule has 0 spiro atoms. The number of rotatable bonds is 7. The number of nitrogens with zero attached hydrogens (tertiary/aromatic N) is 2. The maximum absolute atomic E-state index is 12.8. The van der Waals surface area contributed by atoms with Crippen molar-refractivity contribution in [3.63, 3.8) is 0 Å². The van der Waals surface area contributed by atoms with Crippen LogP contribution in [0, 0.1) is 0 Å². The summed E-state index contributed by atoms with van der Waals surface area (Å²) in [5.74, 6) is 0.635. The molecule has 7 heteroatoms. The molecule has 1 aliphatic heterocycles. The Morgan fingerprint density at radius 1 is 1.07 bits per heavy atom. The minimum atomic E-state index is -0.997. The second kappa shape index (κ2) is 8.12. The number of imide groups is 1. The number of carbonyl (C=O) groups is 2. The van der Waals surface area contributed by atoms with Gasteiger partial charge in [-0.1, -0.05) is 36.4 Å². The van der Waals surface area contributed by atoms with Gasteiger partial charge in [0.15, 0.2) is 11.5 Å². The van der Waals surface area contributed by atoms with Crippen LogP contribution in [0.5, 0.6) is 11.5 Å². The van der Waals surface area contributed by atoms with Crippen molar-refractivity contribution in [3.05, 3.63) is 59.7 Å². The first-order valence-electron chi connectivity index (χ1n) is 8.94. The van der Waals surface area contributed by atoms with E-state index in [1.165, 1.54) is 20.4 Å². The van der Waals surface area contributed by atoms with Crippen LogP contribution in [0.2, 0.25) is 0 Å². The SMILES string of the molecule is COc1cccc(/C=N\N2C(=O)N[C@@](C)(CCc3ccccc3)C2=O)c1OC. The lowest BCUT2D eigenvalue weighted by Crippen LogP contribution is -2.44. The predicted octanol–water partition coefficient (Wildman–Crippen LogP) is 2.98. The first-order chi connectivity index (χ1) is 13.5. The molecule has 1 atom stereocenters. The highest BCUT2D eigenvalue weighted by Crippen LogP contribution is 2.30. The molecule has 3 amide bonds. The molecular weight excluding hydrogens is 358 g/mol.